The molecule has 0 aromatic carbocycles. The molecule has 0 radical (unpaired) electrons. The second kappa shape index (κ2) is 6.77. The van der Waals surface area contributed by atoms with Crippen LogP contribution in [0.1, 0.15) is 105 Å². The molecule has 0 bridgehead atoms. The van der Waals surface area contributed by atoms with Gasteiger partial charge in [0, 0.05) is 0 Å². The normalized spacial score (nSPS) is 42.8. The molecule has 0 amide bonds. The van der Waals surface area contributed by atoms with Crippen molar-refractivity contribution in [3.8, 4) is 0 Å². The molecule has 0 aromatic rings. The maximum atomic E-state index is 4.53. The Morgan fingerprint density at radius 2 is 1.22 bits per heavy atom. The van der Waals surface area contributed by atoms with E-state index in [0.717, 1.165) is 34.5 Å². The fourth-order valence-electron chi connectivity index (χ4n) is 6.56. The molecule has 0 heteroatoms. The number of hydrogen-bond donors (Lipinski definition) is 0. The summed E-state index contributed by atoms with van der Waals surface area (Å²) in [7, 11) is 0. The Morgan fingerprint density at radius 3 is 1.59 bits per heavy atom. The van der Waals surface area contributed by atoms with Gasteiger partial charge in [0.1, 0.15) is 0 Å². The van der Waals surface area contributed by atoms with Crippen LogP contribution in [-0.4, -0.2) is 0 Å². The van der Waals surface area contributed by atoms with Crippen molar-refractivity contribution < 1.29 is 0 Å². The number of allylic oxidation sites excluding steroid dienone is 2. The summed E-state index contributed by atoms with van der Waals surface area (Å²) in [5.74, 6) is 3.69. The zero-order chi connectivity index (χ0) is 19.4. The van der Waals surface area contributed by atoms with Crippen LogP contribution in [0.2, 0.25) is 0 Å². The molecule has 4 aliphatic rings. The predicted molar refractivity (Wildman–Crippen MR) is 118 cm³/mol. The molecule has 0 spiro atoms. The second-order valence-electron chi connectivity index (χ2n) is 12.5. The third kappa shape index (κ3) is 4.25. The Balaban J connectivity index is 1.17. The molecule has 4 aliphatic carbocycles. The third-order valence-corrected chi connectivity index (χ3v) is 9.74. The Morgan fingerprint density at radius 1 is 0.815 bits per heavy atom. The van der Waals surface area contributed by atoms with E-state index in [4.69, 9.17) is 0 Å². The summed E-state index contributed by atoms with van der Waals surface area (Å²) >= 11 is 0. The zero-order valence-corrected chi connectivity index (χ0v) is 18.7. The van der Waals surface area contributed by atoms with Gasteiger partial charge in [-0.15, -0.1) is 0 Å². The number of fused-ring (bicyclic) bond motifs is 2. The summed E-state index contributed by atoms with van der Waals surface area (Å²) in [6.45, 7) is 19.0. The van der Waals surface area contributed by atoms with Crippen LogP contribution in [0.15, 0.2) is 24.3 Å². The highest BCUT2D eigenvalue weighted by Crippen LogP contribution is 2.64. The van der Waals surface area contributed by atoms with Gasteiger partial charge in [-0.3, -0.25) is 0 Å². The minimum absolute atomic E-state index is 0.428. The van der Waals surface area contributed by atoms with E-state index in [-0.39, 0.29) is 0 Å². The lowest BCUT2D eigenvalue weighted by Gasteiger charge is -2.32. The van der Waals surface area contributed by atoms with Crippen molar-refractivity contribution in [2.75, 3.05) is 0 Å². The molecule has 152 valence electrons. The van der Waals surface area contributed by atoms with Crippen LogP contribution in [0.4, 0.5) is 0 Å². The fourth-order valence-corrected chi connectivity index (χ4v) is 6.56. The summed E-state index contributed by atoms with van der Waals surface area (Å²) in [5.41, 5.74) is 5.02. The third-order valence-electron chi connectivity index (χ3n) is 9.74. The highest BCUT2D eigenvalue weighted by Gasteiger charge is 2.53. The van der Waals surface area contributed by atoms with Gasteiger partial charge in [0.25, 0.3) is 0 Å². The van der Waals surface area contributed by atoms with E-state index in [9.17, 15) is 0 Å². The minimum Gasteiger partial charge on any atom is -0.0996 e. The first kappa shape index (κ1) is 19.8. The average molecular weight is 369 g/mol. The number of hydrogen-bond acceptors (Lipinski definition) is 0. The lowest BCUT2D eigenvalue weighted by Crippen LogP contribution is -2.19. The first-order chi connectivity index (χ1) is 12.6. The van der Waals surface area contributed by atoms with Crippen LogP contribution in [0, 0.1) is 39.9 Å². The van der Waals surface area contributed by atoms with Gasteiger partial charge in [0.2, 0.25) is 0 Å². The van der Waals surface area contributed by atoms with Crippen molar-refractivity contribution in [2.45, 2.75) is 105 Å². The lowest BCUT2D eigenvalue weighted by molar-refractivity contribution is 0.268. The van der Waals surface area contributed by atoms with E-state index in [1.54, 1.807) is 11.1 Å². The molecule has 4 saturated carbocycles. The standard InChI is InChI=1S/C27H44/c1-19(21-9-13-26(5)17-23(26)15-21)7-11-25(3,4)12-8-20(2)22-10-14-27(6)18-24(27)16-22/h21-24H,1-2,7-18H2,3-6H3. The van der Waals surface area contributed by atoms with Crippen LogP contribution in [0.3, 0.4) is 0 Å². The first-order valence-electron chi connectivity index (χ1n) is 12.0. The van der Waals surface area contributed by atoms with Crippen LogP contribution in [0.5, 0.6) is 0 Å². The molecule has 0 aromatic heterocycles. The summed E-state index contributed by atoms with van der Waals surface area (Å²) in [4.78, 5) is 0. The summed E-state index contributed by atoms with van der Waals surface area (Å²) in [6.07, 6.45) is 16.7. The number of rotatable bonds is 8. The molecule has 0 heterocycles. The van der Waals surface area contributed by atoms with Crippen molar-refractivity contribution in [3.05, 3.63) is 24.3 Å². The van der Waals surface area contributed by atoms with Crippen molar-refractivity contribution in [2.24, 2.45) is 39.9 Å². The van der Waals surface area contributed by atoms with Gasteiger partial charge in [-0.05, 0) is 117 Å². The lowest BCUT2D eigenvalue weighted by atomic mass is 9.74. The second-order valence-corrected chi connectivity index (χ2v) is 12.5. The van der Waals surface area contributed by atoms with Gasteiger partial charge in [-0.2, -0.15) is 0 Å². The van der Waals surface area contributed by atoms with E-state index in [0.29, 0.717) is 5.41 Å². The smallest absolute Gasteiger partial charge is 0.0203 e. The Hall–Kier alpha value is -0.520. The average Bonchev–Trinajstić information content (AvgIpc) is 3.49. The van der Waals surface area contributed by atoms with Crippen LogP contribution < -0.4 is 0 Å². The minimum atomic E-state index is 0.428. The summed E-state index contributed by atoms with van der Waals surface area (Å²) in [6, 6.07) is 0. The molecule has 27 heavy (non-hydrogen) atoms. The molecular weight excluding hydrogens is 324 g/mol. The van der Waals surface area contributed by atoms with Crippen LogP contribution in [0.25, 0.3) is 0 Å². The van der Waals surface area contributed by atoms with E-state index in [1.165, 1.54) is 77.0 Å². The van der Waals surface area contributed by atoms with Crippen molar-refractivity contribution in [3.63, 3.8) is 0 Å². The molecule has 0 nitrogen and oxygen atoms in total. The Kier molecular flexibility index (Phi) is 4.96. The monoisotopic (exact) mass is 368 g/mol. The van der Waals surface area contributed by atoms with Crippen molar-refractivity contribution in [1.29, 1.82) is 0 Å². The fraction of sp³-hybridized carbons (Fsp3) is 0.852. The van der Waals surface area contributed by atoms with E-state index in [1.807, 2.05) is 0 Å². The highest BCUT2D eigenvalue weighted by molar-refractivity contribution is 5.13. The molecule has 0 saturated heterocycles. The van der Waals surface area contributed by atoms with Crippen molar-refractivity contribution in [1.82, 2.24) is 0 Å². The molecule has 4 rings (SSSR count). The van der Waals surface area contributed by atoms with E-state index in [2.05, 4.69) is 40.9 Å². The first-order valence-corrected chi connectivity index (χ1v) is 12.0. The van der Waals surface area contributed by atoms with Gasteiger partial charge in [-0.25, -0.2) is 0 Å². The highest BCUT2D eigenvalue weighted by atomic mass is 14.6. The van der Waals surface area contributed by atoms with Gasteiger partial charge in [-0.1, -0.05) is 52.0 Å². The molecule has 0 N–H and O–H groups in total. The SMILES string of the molecule is C=C(CCC(C)(C)CCC(=C)C1CCC2(C)CC2C1)C1CCC2(C)CC2C1. The predicted octanol–water partition coefficient (Wildman–Crippen LogP) is 8.34. The van der Waals surface area contributed by atoms with Crippen molar-refractivity contribution >= 4 is 0 Å². The quantitative estimate of drug-likeness (QED) is 0.378. The summed E-state index contributed by atoms with van der Waals surface area (Å²) < 4.78 is 0. The Bertz CT molecular complexity index is 558. The largest absolute Gasteiger partial charge is 0.0996 e. The van der Waals surface area contributed by atoms with Gasteiger partial charge < -0.3 is 0 Å². The molecular formula is C27H44. The Labute approximate surface area is 169 Å². The summed E-state index contributed by atoms with van der Waals surface area (Å²) in [5, 5.41) is 0. The zero-order valence-electron chi connectivity index (χ0n) is 18.7. The van der Waals surface area contributed by atoms with Gasteiger partial charge >= 0.3 is 0 Å². The maximum absolute atomic E-state index is 4.53. The molecule has 4 fully saturated rings. The van der Waals surface area contributed by atoms with Crippen LogP contribution in [-0.2, 0) is 0 Å². The van der Waals surface area contributed by atoms with E-state index >= 15 is 0 Å². The van der Waals surface area contributed by atoms with Crippen LogP contribution >= 0.6 is 0 Å². The maximum Gasteiger partial charge on any atom is -0.0203 e. The molecule has 6 atom stereocenters. The van der Waals surface area contributed by atoms with Gasteiger partial charge in [0.15, 0.2) is 0 Å². The van der Waals surface area contributed by atoms with E-state index < -0.39 is 0 Å². The molecule has 6 unspecified atom stereocenters. The topological polar surface area (TPSA) is 0 Å². The van der Waals surface area contributed by atoms with Gasteiger partial charge in [0.05, 0.1) is 0 Å². The molecule has 0 aliphatic heterocycles.